The van der Waals surface area contributed by atoms with Gasteiger partial charge < -0.3 is 5.32 Å². The second-order valence-corrected chi connectivity index (χ2v) is 5.30. The average molecular weight is 197 g/mol. The number of hydrogen-bond acceptors (Lipinski definition) is 1. The fourth-order valence-corrected chi connectivity index (χ4v) is 3.00. The van der Waals surface area contributed by atoms with Crippen molar-refractivity contribution in [2.24, 2.45) is 23.7 Å². The Kier molecular flexibility index (Phi) is 4.94. The maximum absolute atomic E-state index is 3.35. The van der Waals surface area contributed by atoms with Crippen molar-refractivity contribution in [2.75, 3.05) is 13.6 Å². The molecule has 0 amide bonds. The third-order valence-electron chi connectivity index (χ3n) is 4.11. The normalized spacial score (nSPS) is 33.6. The lowest BCUT2D eigenvalue weighted by atomic mass is 9.69. The number of rotatable bonds is 4. The van der Waals surface area contributed by atoms with Crippen LogP contribution in [0.1, 0.15) is 46.5 Å². The molecule has 0 radical (unpaired) electrons. The molecule has 1 fully saturated rings. The molecule has 1 heteroatoms. The molecule has 0 aromatic carbocycles. The van der Waals surface area contributed by atoms with Crippen LogP contribution in [0.25, 0.3) is 0 Å². The third-order valence-corrected chi connectivity index (χ3v) is 4.11. The molecular formula is C13H27N. The second kappa shape index (κ2) is 5.75. The van der Waals surface area contributed by atoms with Crippen molar-refractivity contribution in [2.45, 2.75) is 46.5 Å². The molecule has 0 spiro atoms. The molecule has 84 valence electrons. The summed E-state index contributed by atoms with van der Waals surface area (Å²) >= 11 is 0. The molecule has 1 aliphatic rings. The Morgan fingerprint density at radius 1 is 1.21 bits per heavy atom. The van der Waals surface area contributed by atoms with Gasteiger partial charge in [0.25, 0.3) is 0 Å². The van der Waals surface area contributed by atoms with Crippen molar-refractivity contribution in [1.29, 1.82) is 0 Å². The van der Waals surface area contributed by atoms with Crippen LogP contribution >= 0.6 is 0 Å². The zero-order chi connectivity index (χ0) is 10.6. The Hall–Kier alpha value is -0.0400. The topological polar surface area (TPSA) is 12.0 Å². The molecule has 0 heterocycles. The first-order valence-electron chi connectivity index (χ1n) is 6.33. The van der Waals surface area contributed by atoms with Crippen LogP contribution < -0.4 is 5.32 Å². The van der Waals surface area contributed by atoms with Crippen LogP contribution in [-0.2, 0) is 0 Å². The molecule has 0 bridgehead atoms. The van der Waals surface area contributed by atoms with Gasteiger partial charge in [0.2, 0.25) is 0 Å². The van der Waals surface area contributed by atoms with E-state index in [-0.39, 0.29) is 0 Å². The molecule has 0 saturated heterocycles. The van der Waals surface area contributed by atoms with Gasteiger partial charge in [0, 0.05) is 0 Å². The molecule has 1 nitrogen and oxygen atoms in total. The molecule has 1 aliphatic carbocycles. The summed E-state index contributed by atoms with van der Waals surface area (Å²) in [5.74, 6) is 3.80. The van der Waals surface area contributed by atoms with Gasteiger partial charge in [-0.25, -0.2) is 0 Å². The minimum atomic E-state index is 0.889. The fourth-order valence-electron chi connectivity index (χ4n) is 3.00. The highest BCUT2D eigenvalue weighted by Gasteiger charge is 2.29. The summed E-state index contributed by atoms with van der Waals surface area (Å²) in [5.41, 5.74) is 0. The van der Waals surface area contributed by atoms with Crippen LogP contribution in [0.3, 0.4) is 0 Å². The van der Waals surface area contributed by atoms with Gasteiger partial charge >= 0.3 is 0 Å². The van der Waals surface area contributed by atoms with Gasteiger partial charge in [0.05, 0.1) is 0 Å². The predicted octanol–water partition coefficient (Wildman–Crippen LogP) is 3.30. The molecule has 0 aliphatic heterocycles. The Balaban J connectivity index is 2.46. The van der Waals surface area contributed by atoms with Gasteiger partial charge in [-0.15, -0.1) is 0 Å². The molecule has 3 unspecified atom stereocenters. The summed E-state index contributed by atoms with van der Waals surface area (Å²) in [6, 6.07) is 0. The van der Waals surface area contributed by atoms with Crippen molar-refractivity contribution in [3.63, 3.8) is 0 Å². The standard InChI is InChI=1S/C13H27N/c1-5-11-8-12(10(2)3)6-7-13(11)9-14-4/h10-14H,5-9H2,1-4H3. The van der Waals surface area contributed by atoms with E-state index in [1.807, 2.05) is 0 Å². The second-order valence-electron chi connectivity index (χ2n) is 5.30. The minimum absolute atomic E-state index is 0.889. The Morgan fingerprint density at radius 3 is 2.43 bits per heavy atom. The molecule has 1 N–H and O–H groups in total. The molecule has 0 aromatic heterocycles. The van der Waals surface area contributed by atoms with Gasteiger partial charge in [-0.05, 0) is 56.5 Å². The van der Waals surface area contributed by atoms with Gasteiger partial charge in [-0.3, -0.25) is 0 Å². The van der Waals surface area contributed by atoms with Crippen LogP contribution in [0.2, 0.25) is 0 Å². The van der Waals surface area contributed by atoms with Crippen molar-refractivity contribution in [3.05, 3.63) is 0 Å². The summed E-state index contributed by atoms with van der Waals surface area (Å²) in [5, 5.41) is 3.35. The zero-order valence-electron chi connectivity index (χ0n) is 10.3. The molecule has 1 rings (SSSR count). The van der Waals surface area contributed by atoms with E-state index in [0.29, 0.717) is 0 Å². The fraction of sp³-hybridized carbons (Fsp3) is 1.00. The highest BCUT2D eigenvalue weighted by molar-refractivity contribution is 4.81. The first-order valence-corrected chi connectivity index (χ1v) is 6.33. The predicted molar refractivity (Wildman–Crippen MR) is 63.4 cm³/mol. The summed E-state index contributed by atoms with van der Waals surface area (Å²) in [7, 11) is 2.08. The van der Waals surface area contributed by atoms with Crippen molar-refractivity contribution < 1.29 is 0 Å². The molecule has 14 heavy (non-hydrogen) atoms. The lowest BCUT2D eigenvalue weighted by Gasteiger charge is -2.37. The van der Waals surface area contributed by atoms with Gasteiger partial charge in [0.1, 0.15) is 0 Å². The summed E-state index contributed by atoms with van der Waals surface area (Å²) in [4.78, 5) is 0. The van der Waals surface area contributed by atoms with Gasteiger partial charge in [-0.2, -0.15) is 0 Å². The van der Waals surface area contributed by atoms with E-state index in [9.17, 15) is 0 Å². The number of nitrogens with one attached hydrogen (secondary N) is 1. The first kappa shape index (κ1) is 12.0. The van der Waals surface area contributed by atoms with Crippen LogP contribution in [0, 0.1) is 23.7 Å². The van der Waals surface area contributed by atoms with E-state index in [1.165, 1.54) is 32.2 Å². The largest absolute Gasteiger partial charge is 0.319 e. The van der Waals surface area contributed by atoms with E-state index < -0.39 is 0 Å². The highest BCUT2D eigenvalue weighted by atomic mass is 14.8. The molecule has 3 atom stereocenters. The lowest BCUT2D eigenvalue weighted by molar-refractivity contribution is 0.143. The van der Waals surface area contributed by atoms with Crippen LogP contribution in [0.15, 0.2) is 0 Å². The van der Waals surface area contributed by atoms with Crippen molar-refractivity contribution in [1.82, 2.24) is 5.32 Å². The SMILES string of the molecule is CCC1CC(C(C)C)CCC1CNC. The molecule has 0 aromatic rings. The Morgan fingerprint density at radius 2 is 1.93 bits per heavy atom. The maximum Gasteiger partial charge on any atom is -0.00209 e. The monoisotopic (exact) mass is 197 g/mol. The summed E-state index contributed by atoms with van der Waals surface area (Å²) in [6.07, 6.45) is 5.75. The van der Waals surface area contributed by atoms with E-state index in [4.69, 9.17) is 0 Å². The molecular weight excluding hydrogens is 170 g/mol. The van der Waals surface area contributed by atoms with Crippen molar-refractivity contribution in [3.8, 4) is 0 Å². The zero-order valence-corrected chi connectivity index (χ0v) is 10.3. The van der Waals surface area contributed by atoms with E-state index in [2.05, 4.69) is 33.1 Å². The maximum atomic E-state index is 3.35. The Labute approximate surface area is 89.7 Å². The van der Waals surface area contributed by atoms with Crippen LogP contribution in [-0.4, -0.2) is 13.6 Å². The van der Waals surface area contributed by atoms with Crippen LogP contribution in [0.4, 0.5) is 0 Å². The van der Waals surface area contributed by atoms with E-state index in [1.54, 1.807) is 0 Å². The quantitative estimate of drug-likeness (QED) is 0.729. The smallest absolute Gasteiger partial charge is 0.00209 e. The van der Waals surface area contributed by atoms with E-state index in [0.717, 1.165) is 23.7 Å². The molecule has 1 saturated carbocycles. The van der Waals surface area contributed by atoms with Crippen molar-refractivity contribution >= 4 is 0 Å². The number of hydrogen-bond donors (Lipinski definition) is 1. The summed E-state index contributed by atoms with van der Waals surface area (Å²) in [6.45, 7) is 8.35. The summed E-state index contributed by atoms with van der Waals surface area (Å²) < 4.78 is 0. The van der Waals surface area contributed by atoms with Gasteiger partial charge in [-0.1, -0.05) is 27.2 Å². The van der Waals surface area contributed by atoms with E-state index >= 15 is 0 Å². The van der Waals surface area contributed by atoms with Crippen LogP contribution in [0.5, 0.6) is 0 Å². The average Bonchev–Trinajstić information content (AvgIpc) is 2.18. The first-order chi connectivity index (χ1) is 6.69. The highest BCUT2D eigenvalue weighted by Crippen LogP contribution is 2.38. The third kappa shape index (κ3) is 2.98. The lowest BCUT2D eigenvalue weighted by Crippen LogP contribution is -2.32. The Bertz CT molecular complexity index is 153. The van der Waals surface area contributed by atoms with Gasteiger partial charge in [0.15, 0.2) is 0 Å². The minimum Gasteiger partial charge on any atom is -0.319 e.